The van der Waals surface area contributed by atoms with Gasteiger partial charge in [-0.05, 0) is 30.5 Å². The molecule has 0 fully saturated rings. The second-order valence-electron chi connectivity index (χ2n) is 4.76. The second-order valence-corrected chi connectivity index (χ2v) is 5.61. The molecule has 8 heteroatoms. The van der Waals surface area contributed by atoms with Crippen LogP contribution in [0.3, 0.4) is 0 Å². The first-order valence-corrected chi connectivity index (χ1v) is 8.39. The van der Waals surface area contributed by atoms with Gasteiger partial charge in [-0.1, -0.05) is 24.3 Å². The Morgan fingerprint density at radius 2 is 1.76 bits per heavy atom. The molecular formula is C17H15FN2O4S. The van der Waals surface area contributed by atoms with Crippen LogP contribution in [-0.4, -0.2) is 30.8 Å². The maximum absolute atomic E-state index is 13.4. The quantitative estimate of drug-likeness (QED) is 0.631. The molecule has 0 aliphatic rings. The molecule has 25 heavy (non-hydrogen) atoms. The number of imide groups is 1. The number of urea groups is 1. The summed E-state index contributed by atoms with van der Waals surface area (Å²) in [5, 5.41) is 4.14. The third kappa shape index (κ3) is 5.32. The zero-order valence-electron chi connectivity index (χ0n) is 13.2. The van der Waals surface area contributed by atoms with E-state index in [-0.39, 0.29) is 5.69 Å². The van der Waals surface area contributed by atoms with E-state index in [9.17, 15) is 18.8 Å². The summed E-state index contributed by atoms with van der Waals surface area (Å²) in [6.07, 6.45) is 1.81. The van der Waals surface area contributed by atoms with Crippen LogP contribution in [0.5, 0.6) is 0 Å². The summed E-state index contributed by atoms with van der Waals surface area (Å²) in [5.41, 5.74) is 0.261. The van der Waals surface area contributed by atoms with Gasteiger partial charge >= 0.3 is 12.0 Å². The molecule has 0 aliphatic heterocycles. The average Bonchev–Trinajstić information content (AvgIpc) is 2.61. The highest BCUT2D eigenvalue weighted by atomic mass is 32.2. The summed E-state index contributed by atoms with van der Waals surface area (Å²) in [6.45, 7) is -0.633. The third-order valence-corrected chi connectivity index (χ3v) is 3.83. The van der Waals surface area contributed by atoms with Crippen molar-refractivity contribution in [1.82, 2.24) is 5.32 Å². The maximum Gasteiger partial charge on any atom is 0.339 e. The van der Waals surface area contributed by atoms with E-state index < -0.39 is 30.3 Å². The standard InChI is InChI=1S/C17H15FN2O4S/c1-25-14-9-5-2-6-11(14)16(22)24-10-15(21)20-17(23)19-13-8-4-3-7-12(13)18/h2-9H,10H2,1H3,(H2,19,20,21,23). The molecule has 2 aromatic rings. The van der Waals surface area contributed by atoms with Crippen LogP contribution in [-0.2, 0) is 9.53 Å². The van der Waals surface area contributed by atoms with Crippen LogP contribution in [0.25, 0.3) is 0 Å². The molecule has 0 bridgehead atoms. The van der Waals surface area contributed by atoms with Crippen molar-refractivity contribution in [2.45, 2.75) is 4.90 Å². The highest BCUT2D eigenvalue weighted by Gasteiger charge is 2.15. The molecule has 2 aromatic carbocycles. The number of esters is 1. The Labute approximate surface area is 147 Å². The van der Waals surface area contributed by atoms with Crippen molar-refractivity contribution in [2.75, 3.05) is 18.2 Å². The van der Waals surface area contributed by atoms with Gasteiger partial charge in [-0.15, -0.1) is 11.8 Å². The van der Waals surface area contributed by atoms with Crippen LogP contribution in [0.2, 0.25) is 0 Å². The van der Waals surface area contributed by atoms with Crippen molar-refractivity contribution in [3.05, 3.63) is 59.9 Å². The first kappa shape index (κ1) is 18.5. The lowest BCUT2D eigenvalue weighted by Gasteiger charge is -2.09. The van der Waals surface area contributed by atoms with E-state index in [1.165, 1.54) is 36.0 Å². The van der Waals surface area contributed by atoms with Crippen molar-refractivity contribution in [2.24, 2.45) is 0 Å². The van der Waals surface area contributed by atoms with Crippen LogP contribution in [0.1, 0.15) is 10.4 Å². The number of nitrogens with one attached hydrogen (secondary N) is 2. The maximum atomic E-state index is 13.4. The molecular weight excluding hydrogens is 347 g/mol. The molecule has 6 nitrogen and oxygen atoms in total. The zero-order valence-corrected chi connectivity index (χ0v) is 14.1. The fraction of sp³-hybridized carbons (Fsp3) is 0.118. The van der Waals surface area contributed by atoms with Gasteiger partial charge in [0.15, 0.2) is 6.61 Å². The van der Waals surface area contributed by atoms with Crippen molar-refractivity contribution >= 4 is 35.4 Å². The largest absolute Gasteiger partial charge is 0.452 e. The van der Waals surface area contributed by atoms with Gasteiger partial charge in [0.2, 0.25) is 0 Å². The zero-order chi connectivity index (χ0) is 18.2. The van der Waals surface area contributed by atoms with E-state index in [1.807, 2.05) is 11.6 Å². The minimum absolute atomic E-state index is 0.0707. The Bertz CT molecular complexity index is 798. The predicted octanol–water partition coefficient (Wildman–Crippen LogP) is 3.05. The summed E-state index contributed by atoms with van der Waals surface area (Å²) in [7, 11) is 0. The van der Waals surface area contributed by atoms with Crippen LogP contribution < -0.4 is 10.6 Å². The van der Waals surface area contributed by atoms with E-state index in [0.717, 1.165) is 0 Å². The number of anilines is 1. The normalized spacial score (nSPS) is 10.0. The molecule has 0 saturated carbocycles. The number of hydrogen-bond acceptors (Lipinski definition) is 5. The summed E-state index contributed by atoms with van der Waals surface area (Å²) in [6, 6.07) is 11.4. The second kappa shape index (κ2) is 8.84. The van der Waals surface area contributed by atoms with Crippen molar-refractivity contribution in [3.63, 3.8) is 0 Å². The number of hydrogen-bond donors (Lipinski definition) is 2. The van der Waals surface area contributed by atoms with E-state index in [0.29, 0.717) is 10.5 Å². The van der Waals surface area contributed by atoms with Gasteiger partial charge in [0.05, 0.1) is 11.3 Å². The Hall–Kier alpha value is -2.87. The van der Waals surface area contributed by atoms with Crippen LogP contribution >= 0.6 is 11.8 Å². The van der Waals surface area contributed by atoms with Crippen molar-refractivity contribution < 1.29 is 23.5 Å². The van der Waals surface area contributed by atoms with Gasteiger partial charge in [0, 0.05) is 4.90 Å². The summed E-state index contributed by atoms with van der Waals surface area (Å²) in [5.74, 6) is -2.14. The minimum atomic E-state index is -0.921. The topological polar surface area (TPSA) is 84.5 Å². The fourth-order valence-electron chi connectivity index (χ4n) is 1.90. The first-order valence-electron chi connectivity index (χ1n) is 7.16. The number of rotatable bonds is 5. The summed E-state index contributed by atoms with van der Waals surface area (Å²) >= 11 is 1.37. The number of halogens is 1. The average molecular weight is 362 g/mol. The Morgan fingerprint density at radius 1 is 1.08 bits per heavy atom. The predicted molar refractivity (Wildman–Crippen MR) is 92.1 cm³/mol. The molecule has 0 spiro atoms. The van der Waals surface area contributed by atoms with Crippen molar-refractivity contribution in [1.29, 1.82) is 0 Å². The number of thioether (sulfide) groups is 1. The summed E-state index contributed by atoms with van der Waals surface area (Å²) < 4.78 is 18.3. The molecule has 2 N–H and O–H groups in total. The fourth-order valence-corrected chi connectivity index (χ4v) is 2.49. The lowest BCUT2D eigenvalue weighted by atomic mass is 10.2. The molecule has 0 aromatic heterocycles. The van der Waals surface area contributed by atoms with Gasteiger partial charge in [-0.3, -0.25) is 10.1 Å². The molecule has 0 atom stereocenters. The van der Waals surface area contributed by atoms with E-state index in [4.69, 9.17) is 4.74 Å². The molecule has 0 radical (unpaired) electrons. The van der Waals surface area contributed by atoms with Gasteiger partial charge in [-0.25, -0.2) is 14.0 Å². The van der Waals surface area contributed by atoms with E-state index in [1.54, 1.807) is 24.3 Å². The highest BCUT2D eigenvalue weighted by Crippen LogP contribution is 2.20. The molecule has 0 aliphatic carbocycles. The molecule has 0 saturated heterocycles. The van der Waals surface area contributed by atoms with Crippen LogP contribution in [0.4, 0.5) is 14.9 Å². The number of amides is 3. The Balaban J connectivity index is 1.85. The molecule has 2 rings (SSSR count). The third-order valence-electron chi connectivity index (χ3n) is 3.04. The van der Waals surface area contributed by atoms with Gasteiger partial charge in [0.1, 0.15) is 5.82 Å². The molecule has 130 valence electrons. The monoisotopic (exact) mass is 362 g/mol. The SMILES string of the molecule is CSc1ccccc1C(=O)OCC(=O)NC(=O)Nc1ccccc1F. The van der Waals surface area contributed by atoms with Gasteiger partial charge in [0.25, 0.3) is 5.91 Å². The molecule has 3 amide bonds. The number of ether oxygens (including phenoxy) is 1. The van der Waals surface area contributed by atoms with Gasteiger partial charge in [-0.2, -0.15) is 0 Å². The van der Waals surface area contributed by atoms with Gasteiger partial charge < -0.3 is 10.1 Å². The number of para-hydroxylation sites is 1. The van der Waals surface area contributed by atoms with Crippen LogP contribution in [0, 0.1) is 5.82 Å². The number of carbonyl (C=O) groups excluding carboxylic acids is 3. The lowest BCUT2D eigenvalue weighted by Crippen LogP contribution is -2.37. The Kier molecular flexibility index (Phi) is 6.53. The highest BCUT2D eigenvalue weighted by molar-refractivity contribution is 7.98. The smallest absolute Gasteiger partial charge is 0.339 e. The molecule has 0 heterocycles. The molecule has 0 unspecified atom stereocenters. The lowest BCUT2D eigenvalue weighted by molar-refractivity contribution is -0.123. The first-order chi connectivity index (χ1) is 12.0. The minimum Gasteiger partial charge on any atom is -0.452 e. The summed E-state index contributed by atoms with van der Waals surface area (Å²) in [4.78, 5) is 36.0. The Morgan fingerprint density at radius 3 is 2.48 bits per heavy atom. The van der Waals surface area contributed by atoms with Crippen molar-refractivity contribution in [3.8, 4) is 0 Å². The van der Waals surface area contributed by atoms with E-state index in [2.05, 4.69) is 5.32 Å². The van der Waals surface area contributed by atoms with Crippen LogP contribution in [0.15, 0.2) is 53.4 Å². The number of benzene rings is 2. The number of carbonyl (C=O) groups is 3. The van der Waals surface area contributed by atoms with E-state index >= 15 is 0 Å².